The second kappa shape index (κ2) is 7.88. The van der Waals surface area contributed by atoms with Crippen molar-refractivity contribution >= 4 is 6.03 Å². The zero-order valence-corrected chi connectivity index (χ0v) is 12.3. The molecule has 1 aliphatic carbocycles. The van der Waals surface area contributed by atoms with Crippen LogP contribution in [-0.2, 0) is 0 Å². The topological polar surface area (TPSA) is 54.0 Å². The molecule has 1 saturated carbocycles. The Morgan fingerprint density at radius 1 is 1.20 bits per heavy atom. The number of pyridine rings is 1. The van der Waals surface area contributed by atoms with Gasteiger partial charge in [0, 0.05) is 12.2 Å². The Morgan fingerprint density at radius 3 is 2.55 bits per heavy atom. The monoisotopic (exact) mass is 275 g/mol. The first-order valence-electron chi connectivity index (χ1n) is 7.73. The van der Waals surface area contributed by atoms with E-state index in [2.05, 4.69) is 15.6 Å². The van der Waals surface area contributed by atoms with E-state index in [9.17, 15) is 4.79 Å². The second-order valence-electron chi connectivity index (χ2n) is 5.64. The third-order valence-corrected chi connectivity index (χ3v) is 3.92. The molecular formula is C16H25N3O. The molecule has 0 aliphatic heterocycles. The normalized spacial score (nSPS) is 18.6. The molecule has 2 amide bonds. The first-order chi connectivity index (χ1) is 9.75. The van der Waals surface area contributed by atoms with Crippen LogP contribution in [0, 0.1) is 0 Å². The van der Waals surface area contributed by atoms with Crippen LogP contribution in [0.5, 0.6) is 0 Å². The lowest BCUT2D eigenvalue weighted by Crippen LogP contribution is -2.43. The van der Waals surface area contributed by atoms with Gasteiger partial charge in [0.15, 0.2) is 0 Å². The van der Waals surface area contributed by atoms with Crippen LogP contribution in [0.3, 0.4) is 0 Å². The maximum Gasteiger partial charge on any atom is 0.315 e. The molecule has 1 heterocycles. The minimum atomic E-state index is -0.0753. The fourth-order valence-electron chi connectivity index (χ4n) is 2.73. The molecule has 0 saturated heterocycles. The Hall–Kier alpha value is -1.58. The summed E-state index contributed by atoms with van der Waals surface area (Å²) in [5.41, 5.74) is 0.889. The summed E-state index contributed by atoms with van der Waals surface area (Å²) in [5.74, 6) is 0. The zero-order valence-electron chi connectivity index (χ0n) is 12.3. The van der Waals surface area contributed by atoms with E-state index in [-0.39, 0.29) is 12.1 Å². The average Bonchev–Trinajstić information content (AvgIpc) is 2.42. The van der Waals surface area contributed by atoms with Crippen molar-refractivity contribution in [3.8, 4) is 0 Å². The van der Waals surface area contributed by atoms with Crippen LogP contribution >= 0.6 is 0 Å². The molecule has 1 aromatic heterocycles. The number of amides is 2. The highest BCUT2D eigenvalue weighted by atomic mass is 16.2. The number of rotatable bonds is 3. The number of hydrogen-bond donors (Lipinski definition) is 2. The van der Waals surface area contributed by atoms with Crippen LogP contribution in [0.2, 0.25) is 0 Å². The molecule has 1 atom stereocenters. The molecule has 0 radical (unpaired) electrons. The molecule has 20 heavy (non-hydrogen) atoms. The summed E-state index contributed by atoms with van der Waals surface area (Å²) >= 11 is 0. The lowest BCUT2D eigenvalue weighted by atomic mass is 9.97. The van der Waals surface area contributed by atoms with Crippen molar-refractivity contribution in [2.75, 3.05) is 0 Å². The van der Waals surface area contributed by atoms with Crippen molar-refractivity contribution in [1.82, 2.24) is 15.6 Å². The van der Waals surface area contributed by atoms with Gasteiger partial charge in [0.05, 0.1) is 11.7 Å². The third kappa shape index (κ3) is 4.83. The van der Waals surface area contributed by atoms with E-state index < -0.39 is 0 Å². The Bertz CT molecular complexity index is 399. The summed E-state index contributed by atoms with van der Waals surface area (Å²) in [5, 5.41) is 6.08. The van der Waals surface area contributed by atoms with Gasteiger partial charge in [0.2, 0.25) is 0 Å². The highest BCUT2D eigenvalue weighted by Gasteiger charge is 2.16. The zero-order chi connectivity index (χ0) is 14.2. The summed E-state index contributed by atoms with van der Waals surface area (Å²) in [4.78, 5) is 16.3. The minimum Gasteiger partial charge on any atom is -0.335 e. The molecule has 0 bridgehead atoms. The maximum absolute atomic E-state index is 12.0. The van der Waals surface area contributed by atoms with Gasteiger partial charge in [-0.3, -0.25) is 4.98 Å². The van der Waals surface area contributed by atoms with Gasteiger partial charge in [0.25, 0.3) is 0 Å². The average molecular weight is 275 g/mol. The highest BCUT2D eigenvalue weighted by molar-refractivity contribution is 5.74. The molecule has 0 spiro atoms. The number of nitrogens with one attached hydrogen (secondary N) is 2. The Balaban J connectivity index is 1.79. The fraction of sp³-hybridized carbons (Fsp3) is 0.625. The number of aromatic nitrogens is 1. The molecule has 1 aliphatic rings. The summed E-state index contributed by atoms with van der Waals surface area (Å²) in [7, 11) is 0. The number of hydrogen-bond acceptors (Lipinski definition) is 2. The Labute approximate surface area is 121 Å². The van der Waals surface area contributed by atoms with Crippen molar-refractivity contribution < 1.29 is 4.79 Å². The van der Waals surface area contributed by atoms with E-state index in [1.165, 1.54) is 32.1 Å². The van der Waals surface area contributed by atoms with Gasteiger partial charge in [-0.2, -0.15) is 0 Å². The maximum atomic E-state index is 12.0. The largest absolute Gasteiger partial charge is 0.335 e. The lowest BCUT2D eigenvalue weighted by Gasteiger charge is -2.22. The second-order valence-corrected chi connectivity index (χ2v) is 5.64. The fourth-order valence-corrected chi connectivity index (χ4v) is 2.73. The van der Waals surface area contributed by atoms with E-state index in [0.717, 1.165) is 18.5 Å². The molecule has 110 valence electrons. The summed E-state index contributed by atoms with van der Waals surface area (Å²) in [6.07, 6.45) is 10.3. The van der Waals surface area contributed by atoms with Crippen molar-refractivity contribution in [1.29, 1.82) is 0 Å². The van der Waals surface area contributed by atoms with Gasteiger partial charge >= 0.3 is 6.03 Å². The number of carbonyl (C=O) groups is 1. The van der Waals surface area contributed by atoms with Crippen LogP contribution in [0.1, 0.15) is 63.6 Å². The van der Waals surface area contributed by atoms with Gasteiger partial charge in [-0.1, -0.05) is 38.2 Å². The van der Waals surface area contributed by atoms with Crippen LogP contribution in [-0.4, -0.2) is 17.1 Å². The van der Waals surface area contributed by atoms with Crippen LogP contribution < -0.4 is 10.6 Å². The molecule has 1 aromatic rings. The summed E-state index contributed by atoms with van der Waals surface area (Å²) < 4.78 is 0. The van der Waals surface area contributed by atoms with Gasteiger partial charge in [0.1, 0.15) is 0 Å². The molecule has 2 rings (SSSR count). The first-order valence-corrected chi connectivity index (χ1v) is 7.73. The minimum absolute atomic E-state index is 0.0650. The number of urea groups is 1. The van der Waals surface area contributed by atoms with Crippen molar-refractivity contribution in [3.63, 3.8) is 0 Å². The van der Waals surface area contributed by atoms with E-state index in [1.54, 1.807) is 6.20 Å². The quantitative estimate of drug-likeness (QED) is 0.886. The smallest absolute Gasteiger partial charge is 0.315 e. The summed E-state index contributed by atoms with van der Waals surface area (Å²) in [6, 6.07) is 5.93. The molecule has 1 unspecified atom stereocenters. The Kier molecular flexibility index (Phi) is 5.84. The van der Waals surface area contributed by atoms with Gasteiger partial charge < -0.3 is 10.6 Å². The standard InChI is InChI=1S/C16H25N3O/c1-13(15-11-7-8-12-17-15)18-16(20)19-14-9-5-3-2-4-6-10-14/h7-8,11-14H,2-6,9-10H2,1H3,(H2,18,19,20). The van der Waals surface area contributed by atoms with Gasteiger partial charge in [-0.25, -0.2) is 4.79 Å². The number of nitrogens with zero attached hydrogens (tertiary/aromatic N) is 1. The molecule has 4 heteroatoms. The van der Waals surface area contributed by atoms with Crippen molar-refractivity contribution in [3.05, 3.63) is 30.1 Å². The molecule has 0 aromatic carbocycles. The third-order valence-electron chi connectivity index (χ3n) is 3.92. The van der Waals surface area contributed by atoms with Crippen molar-refractivity contribution in [2.45, 2.75) is 64.0 Å². The predicted octanol–water partition coefficient (Wildman–Crippen LogP) is 3.55. The van der Waals surface area contributed by atoms with Gasteiger partial charge in [-0.05, 0) is 31.9 Å². The van der Waals surface area contributed by atoms with E-state index in [0.29, 0.717) is 6.04 Å². The SMILES string of the molecule is CC(NC(=O)NC1CCCCCCC1)c1ccccn1. The molecule has 1 fully saturated rings. The molecule has 2 N–H and O–H groups in total. The first kappa shape index (κ1) is 14.8. The van der Waals surface area contributed by atoms with E-state index >= 15 is 0 Å². The predicted molar refractivity (Wildman–Crippen MR) is 80.4 cm³/mol. The lowest BCUT2D eigenvalue weighted by molar-refractivity contribution is 0.230. The highest BCUT2D eigenvalue weighted by Crippen LogP contribution is 2.17. The van der Waals surface area contributed by atoms with Crippen molar-refractivity contribution in [2.24, 2.45) is 0 Å². The van der Waals surface area contributed by atoms with E-state index in [4.69, 9.17) is 0 Å². The van der Waals surface area contributed by atoms with E-state index in [1.807, 2.05) is 25.1 Å². The van der Waals surface area contributed by atoms with Crippen LogP contribution in [0.4, 0.5) is 4.79 Å². The Morgan fingerprint density at radius 2 is 1.90 bits per heavy atom. The van der Waals surface area contributed by atoms with Crippen LogP contribution in [0.25, 0.3) is 0 Å². The van der Waals surface area contributed by atoms with Gasteiger partial charge in [-0.15, -0.1) is 0 Å². The number of carbonyl (C=O) groups excluding carboxylic acids is 1. The summed E-state index contributed by atoms with van der Waals surface area (Å²) in [6.45, 7) is 1.96. The molecular weight excluding hydrogens is 250 g/mol. The molecule has 4 nitrogen and oxygen atoms in total. The van der Waals surface area contributed by atoms with Crippen LogP contribution in [0.15, 0.2) is 24.4 Å².